The van der Waals surface area contributed by atoms with Crippen molar-refractivity contribution in [1.82, 2.24) is 20.2 Å². The molecule has 0 saturated carbocycles. The summed E-state index contributed by atoms with van der Waals surface area (Å²) in [5.74, 6) is -1.06. The molecule has 0 amide bonds. The molecule has 7 heteroatoms. The third-order valence-corrected chi connectivity index (χ3v) is 2.78. The van der Waals surface area contributed by atoms with Crippen LogP contribution in [0, 0.1) is 11.6 Å². The third kappa shape index (κ3) is 2.09. The van der Waals surface area contributed by atoms with Crippen molar-refractivity contribution in [3.8, 4) is 17.1 Å². The van der Waals surface area contributed by atoms with Crippen molar-refractivity contribution in [3.63, 3.8) is 0 Å². The first-order valence-corrected chi connectivity index (χ1v) is 5.75. The Balaban J connectivity index is 2.12. The van der Waals surface area contributed by atoms with Gasteiger partial charge in [-0.15, -0.1) is 5.10 Å². The van der Waals surface area contributed by atoms with E-state index >= 15 is 0 Å². The van der Waals surface area contributed by atoms with Crippen LogP contribution in [0.4, 0.5) is 14.5 Å². The van der Waals surface area contributed by atoms with Gasteiger partial charge in [0.2, 0.25) is 0 Å². The van der Waals surface area contributed by atoms with E-state index in [1.807, 2.05) is 0 Å². The normalized spacial score (nSPS) is 10.7. The minimum Gasteiger partial charge on any atom is -0.399 e. The van der Waals surface area contributed by atoms with Gasteiger partial charge in [-0.3, -0.25) is 0 Å². The van der Waals surface area contributed by atoms with E-state index in [0.29, 0.717) is 17.1 Å². The fraction of sp³-hybridized carbons (Fsp3) is 0. The standard InChI is InChI=1S/C13H9F2N5/c14-9-3-6-12(11(15)7-9)20-13(17-18-19-20)8-1-4-10(16)5-2-8/h1-7H,16H2. The SMILES string of the molecule is Nc1ccc(-c2nnnn2-c2ccc(F)cc2F)cc1. The molecule has 0 unspecified atom stereocenters. The Bertz CT molecular complexity index is 752. The molecule has 0 atom stereocenters. The first kappa shape index (κ1) is 12.2. The number of aromatic nitrogens is 4. The van der Waals surface area contributed by atoms with E-state index in [4.69, 9.17) is 5.73 Å². The zero-order valence-corrected chi connectivity index (χ0v) is 10.2. The minimum absolute atomic E-state index is 0.0724. The Morgan fingerprint density at radius 1 is 1.00 bits per heavy atom. The van der Waals surface area contributed by atoms with Gasteiger partial charge in [0.1, 0.15) is 11.5 Å². The largest absolute Gasteiger partial charge is 0.399 e. The van der Waals surface area contributed by atoms with E-state index in [9.17, 15) is 8.78 Å². The lowest BCUT2D eigenvalue weighted by Crippen LogP contribution is -2.03. The lowest BCUT2D eigenvalue weighted by molar-refractivity contribution is 0.572. The highest BCUT2D eigenvalue weighted by Crippen LogP contribution is 2.22. The summed E-state index contributed by atoms with van der Waals surface area (Å²) in [5, 5.41) is 11.1. The van der Waals surface area contributed by atoms with Crippen molar-refractivity contribution in [2.24, 2.45) is 0 Å². The van der Waals surface area contributed by atoms with E-state index in [0.717, 1.165) is 12.1 Å². The number of benzene rings is 2. The first-order chi connectivity index (χ1) is 9.65. The monoisotopic (exact) mass is 273 g/mol. The Kier molecular flexibility index (Phi) is 2.86. The summed E-state index contributed by atoms with van der Waals surface area (Å²) >= 11 is 0. The van der Waals surface area contributed by atoms with Crippen LogP contribution in [0.15, 0.2) is 42.5 Å². The lowest BCUT2D eigenvalue weighted by atomic mass is 10.2. The summed E-state index contributed by atoms with van der Waals surface area (Å²) in [4.78, 5) is 0. The van der Waals surface area contributed by atoms with E-state index in [2.05, 4.69) is 15.5 Å². The summed E-state index contributed by atoms with van der Waals surface area (Å²) in [7, 11) is 0. The molecule has 0 aliphatic carbocycles. The van der Waals surface area contributed by atoms with Crippen LogP contribution in [0.25, 0.3) is 17.1 Å². The molecule has 2 aromatic carbocycles. The van der Waals surface area contributed by atoms with Crippen molar-refractivity contribution in [3.05, 3.63) is 54.1 Å². The summed E-state index contributed by atoms with van der Waals surface area (Å²) in [5.41, 5.74) is 6.95. The zero-order valence-electron chi connectivity index (χ0n) is 10.2. The second-order valence-electron chi connectivity index (χ2n) is 4.13. The molecule has 0 radical (unpaired) electrons. The van der Waals surface area contributed by atoms with Crippen molar-refractivity contribution in [2.75, 3.05) is 5.73 Å². The quantitative estimate of drug-likeness (QED) is 0.727. The van der Waals surface area contributed by atoms with Crippen LogP contribution in [0.1, 0.15) is 0 Å². The molecule has 1 aromatic heterocycles. The Morgan fingerprint density at radius 3 is 2.45 bits per heavy atom. The molecule has 1 heterocycles. The molecular weight excluding hydrogens is 264 g/mol. The maximum Gasteiger partial charge on any atom is 0.187 e. The second-order valence-corrected chi connectivity index (χ2v) is 4.13. The van der Waals surface area contributed by atoms with Crippen molar-refractivity contribution in [1.29, 1.82) is 0 Å². The second kappa shape index (κ2) is 4.69. The molecule has 5 nitrogen and oxygen atoms in total. The highest BCUT2D eigenvalue weighted by atomic mass is 19.1. The van der Waals surface area contributed by atoms with Gasteiger partial charge in [0, 0.05) is 17.3 Å². The summed E-state index contributed by atoms with van der Waals surface area (Å²) in [6.07, 6.45) is 0. The van der Waals surface area contributed by atoms with Gasteiger partial charge < -0.3 is 5.73 Å². The van der Waals surface area contributed by atoms with Gasteiger partial charge >= 0.3 is 0 Å². The molecule has 0 bridgehead atoms. The molecule has 0 saturated heterocycles. The predicted molar refractivity (Wildman–Crippen MR) is 68.9 cm³/mol. The highest BCUT2D eigenvalue weighted by Gasteiger charge is 2.14. The maximum atomic E-state index is 13.8. The summed E-state index contributed by atoms with van der Waals surface area (Å²) in [6.45, 7) is 0. The van der Waals surface area contributed by atoms with Crippen LogP contribution in [0.3, 0.4) is 0 Å². The molecule has 0 spiro atoms. The van der Waals surface area contributed by atoms with Crippen molar-refractivity contribution >= 4 is 5.69 Å². The average Bonchev–Trinajstić information content (AvgIpc) is 2.88. The van der Waals surface area contributed by atoms with Gasteiger partial charge in [-0.1, -0.05) is 0 Å². The number of nitrogens with zero attached hydrogens (tertiary/aromatic N) is 4. The van der Waals surface area contributed by atoms with E-state index in [-0.39, 0.29) is 5.69 Å². The van der Waals surface area contributed by atoms with Crippen LogP contribution < -0.4 is 5.73 Å². The Labute approximate surface area is 112 Å². The van der Waals surface area contributed by atoms with Crippen molar-refractivity contribution in [2.45, 2.75) is 0 Å². The molecule has 0 fully saturated rings. The fourth-order valence-corrected chi connectivity index (χ4v) is 1.81. The summed E-state index contributed by atoms with van der Waals surface area (Å²) < 4.78 is 27.9. The van der Waals surface area contributed by atoms with E-state index in [1.54, 1.807) is 24.3 Å². The number of rotatable bonds is 2. The predicted octanol–water partition coefficient (Wildman–Crippen LogP) is 2.19. The van der Waals surface area contributed by atoms with Crippen LogP contribution in [-0.4, -0.2) is 20.2 Å². The Hall–Kier alpha value is -2.83. The number of tetrazole rings is 1. The van der Waals surface area contributed by atoms with Gasteiger partial charge in [0.15, 0.2) is 11.6 Å². The average molecular weight is 273 g/mol. The molecule has 0 aliphatic heterocycles. The van der Waals surface area contributed by atoms with Crippen LogP contribution in [0.5, 0.6) is 0 Å². The highest BCUT2D eigenvalue weighted by molar-refractivity contribution is 5.60. The van der Waals surface area contributed by atoms with Crippen LogP contribution >= 0.6 is 0 Å². The summed E-state index contributed by atoms with van der Waals surface area (Å²) in [6, 6.07) is 10.0. The number of halogens is 2. The van der Waals surface area contributed by atoms with Crippen molar-refractivity contribution < 1.29 is 8.78 Å². The van der Waals surface area contributed by atoms with Gasteiger partial charge in [0.25, 0.3) is 0 Å². The molecule has 2 N–H and O–H groups in total. The van der Waals surface area contributed by atoms with Crippen LogP contribution in [0.2, 0.25) is 0 Å². The van der Waals surface area contributed by atoms with Crippen LogP contribution in [-0.2, 0) is 0 Å². The first-order valence-electron chi connectivity index (χ1n) is 5.75. The molecule has 20 heavy (non-hydrogen) atoms. The minimum atomic E-state index is -0.742. The lowest BCUT2D eigenvalue weighted by Gasteiger charge is -2.06. The zero-order chi connectivity index (χ0) is 14.1. The number of hydrogen-bond acceptors (Lipinski definition) is 4. The van der Waals surface area contributed by atoms with E-state index in [1.165, 1.54) is 10.7 Å². The number of nitrogen functional groups attached to an aromatic ring is 1. The molecular formula is C13H9F2N5. The molecule has 3 rings (SSSR count). The fourth-order valence-electron chi connectivity index (χ4n) is 1.81. The molecule has 0 aliphatic rings. The van der Waals surface area contributed by atoms with E-state index < -0.39 is 11.6 Å². The molecule has 3 aromatic rings. The number of nitrogens with two attached hydrogens (primary N) is 1. The van der Waals surface area contributed by atoms with Gasteiger partial charge in [-0.05, 0) is 46.8 Å². The van der Waals surface area contributed by atoms with Gasteiger partial charge in [-0.25, -0.2) is 8.78 Å². The molecule has 100 valence electrons. The Morgan fingerprint density at radius 2 is 1.75 bits per heavy atom. The van der Waals surface area contributed by atoms with Gasteiger partial charge in [-0.2, -0.15) is 4.68 Å². The number of anilines is 1. The number of hydrogen-bond donors (Lipinski definition) is 1. The maximum absolute atomic E-state index is 13.8. The topological polar surface area (TPSA) is 69.6 Å². The third-order valence-electron chi connectivity index (χ3n) is 2.78. The van der Waals surface area contributed by atoms with Gasteiger partial charge in [0.05, 0.1) is 0 Å². The smallest absolute Gasteiger partial charge is 0.187 e.